The summed E-state index contributed by atoms with van der Waals surface area (Å²) in [6.45, 7) is 14.7. The van der Waals surface area contributed by atoms with E-state index in [2.05, 4.69) is 4.90 Å². The Hall–Kier alpha value is -5.48. The van der Waals surface area contributed by atoms with Crippen LogP contribution in [0.4, 0.5) is 42.1 Å². The lowest BCUT2D eigenvalue weighted by Gasteiger charge is -2.27. The van der Waals surface area contributed by atoms with Gasteiger partial charge in [0.15, 0.2) is 23.3 Å². The maximum Gasteiger partial charge on any atom is 0.511 e. The number of hydrogen-bond donors (Lipinski definition) is 1. The molecule has 16 heteroatoms. The first kappa shape index (κ1) is 49.5. The molecule has 0 fully saturated rings. The van der Waals surface area contributed by atoms with Gasteiger partial charge in [-0.1, -0.05) is 56.3 Å². The van der Waals surface area contributed by atoms with Crippen LogP contribution >= 0.6 is 0 Å². The van der Waals surface area contributed by atoms with Gasteiger partial charge in [0.1, 0.15) is 6.61 Å². The summed E-state index contributed by atoms with van der Waals surface area (Å²) in [7, 11) is -6.11. The molecule has 4 aromatic rings. The van der Waals surface area contributed by atoms with E-state index >= 15 is 17.6 Å². The maximum atomic E-state index is 16.1. The number of aliphatic imine (C=N–C) groups is 1. The number of anilines is 2. The zero-order valence-corrected chi connectivity index (χ0v) is 37.7. The van der Waals surface area contributed by atoms with E-state index in [-0.39, 0.29) is 30.6 Å². The highest BCUT2D eigenvalue weighted by Crippen LogP contribution is 2.42. The van der Waals surface area contributed by atoms with Crippen molar-refractivity contribution in [2.45, 2.75) is 73.4 Å². The van der Waals surface area contributed by atoms with Crippen LogP contribution in [0, 0.1) is 36.1 Å². The van der Waals surface area contributed by atoms with Crippen LogP contribution in [0.1, 0.15) is 92.5 Å². The number of benzene rings is 4. The fourth-order valence-electron chi connectivity index (χ4n) is 7.64. The van der Waals surface area contributed by atoms with Gasteiger partial charge in [0, 0.05) is 67.2 Å². The first-order valence-electron chi connectivity index (χ1n) is 21.2. The second-order valence-corrected chi connectivity index (χ2v) is 17.0. The normalized spacial score (nSPS) is 14.7. The van der Waals surface area contributed by atoms with Crippen LogP contribution in [0.25, 0.3) is 11.1 Å². The number of carbonyl (C=O) groups excluding carboxylic acids is 1. The summed E-state index contributed by atoms with van der Waals surface area (Å²) in [6.07, 6.45) is 3.63. The molecule has 0 radical (unpaired) electrons. The van der Waals surface area contributed by atoms with Crippen LogP contribution in [-0.4, -0.2) is 64.9 Å². The first-order chi connectivity index (χ1) is 30.3. The van der Waals surface area contributed by atoms with Gasteiger partial charge in [-0.3, -0.25) is 9.79 Å². The van der Waals surface area contributed by atoms with E-state index in [1.54, 1.807) is 19.1 Å². The summed E-state index contributed by atoms with van der Waals surface area (Å²) in [5.74, 6) is -8.39. The Morgan fingerprint density at radius 3 is 1.86 bits per heavy atom. The van der Waals surface area contributed by atoms with Gasteiger partial charge in [-0.25, -0.2) is 30.7 Å². The minimum Gasteiger partial charge on any atom is -0.464 e. The van der Waals surface area contributed by atoms with E-state index in [4.69, 9.17) is 9.73 Å². The number of halogens is 7. The lowest BCUT2D eigenvalue weighted by molar-refractivity contribution is -0.147. The van der Waals surface area contributed by atoms with E-state index < -0.39 is 62.9 Å². The molecule has 344 valence electrons. The first-order valence-corrected chi connectivity index (χ1v) is 22.7. The molecule has 0 heterocycles. The monoisotopic (exact) mass is 914 g/mol. The number of aryl methyl sites for hydroxylation is 1. The molecule has 8 nitrogen and oxygen atoms in total. The Morgan fingerprint density at radius 1 is 0.766 bits per heavy atom. The fourth-order valence-corrected chi connectivity index (χ4v) is 8.14. The van der Waals surface area contributed by atoms with Gasteiger partial charge < -0.3 is 14.5 Å². The smallest absolute Gasteiger partial charge is 0.464 e. The third-order valence-corrected chi connectivity index (χ3v) is 12.6. The van der Waals surface area contributed by atoms with Gasteiger partial charge in [-0.05, 0) is 110 Å². The van der Waals surface area contributed by atoms with E-state index in [0.717, 1.165) is 45.8 Å². The molecule has 0 spiro atoms. The van der Waals surface area contributed by atoms with Crippen molar-refractivity contribution in [2.75, 3.05) is 49.1 Å². The van der Waals surface area contributed by atoms with Crippen LogP contribution in [-0.2, 0) is 32.5 Å². The molecule has 1 aliphatic rings. The highest BCUT2D eigenvalue weighted by atomic mass is 32.2. The molecule has 64 heavy (non-hydrogen) atoms. The van der Waals surface area contributed by atoms with Crippen molar-refractivity contribution in [3.63, 3.8) is 0 Å². The third-order valence-electron chi connectivity index (χ3n) is 11.5. The molecule has 5 rings (SSSR count). The van der Waals surface area contributed by atoms with Gasteiger partial charge in [0.2, 0.25) is 0 Å². The van der Waals surface area contributed by atoms with Crippen LogP contribution in [0.2, 0.25) is 0 Å². The number of sulfonamides is 1. The van der Waals surface area contributed by atoms with Crippen molar-refractivity contribution >= 4 is 44.2 Å². The Balaban J connectivity index is 1.76. The van der Waals surface area contributed by atoms with Crippen molar-refractivity contribution in [1.29, 1.82) is 0 Å². The van der Waals surface area contributed by atoms with Gasteiger partial charge in [0.05, 0.1) is 18.2 Å². The molecule has 0 saturated carbocycles. The lowest BCUT2D eigenvalue weighted by Crippen LogP contribution is -2.36. The number of allylic oxidation sites excluding steroid dienone is 3. The van der Waals surface area contributed by atoms with Crippen molar-refractivity contribution in [1.82, 2.24) is 4.72 Å². The number of fused-ring (bicyclic) bond motifs is 1. The summed E-state index contributed by atoms with van der Waals surface area (Å²) in [6, 6.07) is 18.8. The molecule has 1 unspecified atom stereocenters. The quantitative estimate of drug-likeness (QED) is 0.0463. The van der Waals surface area contributed by atoms with Crippen LogP contribution in [0.15, 0.2) is 77.8 Å². The van der Waals surface area contributed by atoms with E-state index in [1.807, 2.05) is 107 Å². The van der Waals surface area contributed by atoms with E-state index in [0.29, 0.717) is 47.6 Å². The van der Waals surface area contributed by atoms with Crippen molar-refractivity contribution < 1.29 is 48.7 Å². The SMILES string of the molecule is CCC(C)C(=O)OCCN=C1C=CC(=C(c2ccc(N(CC)CC)cc2C)c2ccc(N(CC)CC)cc2Cc2c(F)c(F)c(CNS(=O)(=O)C(F)(F)F)c(F)c2F)c2ccccc21. The van der Waals surface area contributed by atoms with Crippen molar-refractivity contribution in [3.05, 3.63) is 141 Å². The second kappa shape index (κ2) is 21.0. The number of esters is 1. The largest absolute Gasteiger partial charge is 0.511 e. The number of rotatable bonds is 18. The topological polar surface area (TPSA) is 91.3 Å². The van der Waals surface area contributed by atoms with E-state index in [9.17, 15) is 26.4 Å². The van der Waals surface area contributed by atoms with Crippen molar-refractivity contribution in [2.24, 2.45) is 10.9 Å². The number of hydrogen-bond acceptors (Lipinski definition) is 7. The minimum absolute atomic E-state index is 0.0788. The van der Waals surface area contributed by atoms with Crippen molar-refractivity contribution in [3.8, 4) is 0 Å². The maximum absolute atomic E-state index is 16.1. The lowest BCUT2D eigenvalue weighted by atomic mass is 9.80. The standard InChI is InChI=1S/C48H53F7N4O4S/c1-8-29(6)47(60)63-24-23-56-41-22-21-38(36-15-13-14-16-37(36)41)42(34-19-17-32(25-30(34)7)58(9-2)10-3)35-20-18-33(59(11-4)12-5)26-31(35)27-39-43(49)45(51)40(46(52)44(39)50)28-57-64(61,62)48(53,54)55/h13-22,25-26,29,57H,8-12,23-24,27-28H2,1-7H3. The summed E-state index contributed by atoms with van der Waals surface area (Å²) in [4.78, 5) is 21.2. The summed E-state index contributed by atoms with van der Waals surface area (Å²) >= 11 is 0. The molecule has 1 atom stereocenters. The molecular weight excluding hydrogens is 862 g/mol. The van der Waals surface area contributed by atoms with Crippen LogP contribution < -0.4 is 14.5 Å². The average Bonchev–Trinajstić information content (AvgIpc) is 3.27. The Bertz CT molecular complexity index is 2540. The molecule has 4 aromatic carbocycles. The van der Waals surface area contributed by atoms with Crippen LogP contribution in [0.5, 0.6) is 0 Å². The number of nitrogens with zero attached hydrogens (tertiary/aromatic N) is 3. The van der Waals surface area contributed by atoms with E-state index in [1.165, 1.54) is 0 Å². The van der Waals surface area contributed by atoms with Gasteiger partial charge in [0.25, 0.3) is 0 Å². The summed E-state index contributed by atoms with van der Waals surface area (Å²) in [5, 5.41) is 0. The predicted octanol–water partition coefficient (Wildman–Crippen LogP) is 10.7. The molecule has 0 aromatic heterocycles. The number of ether oxygens (including phenoxy) is 1. The molecular formula is C48H53F7N4O4S. The Labute approximate surface area is 370 Å². The van der Waals surface area contributed by atoms with Gasteiger partial charge in [-0.15, -0.1) is 0 Å². The summed E-state index contributed by atoms with van der Waals surface area (Å²) in [5.41, 5.74) is -1.09. The zero-order chi connectivity index (χ0) is 47.1. The average molecular weight is 915 g/mol. The van der Waals surface area contributed by atoms with Gasteiger partial charge >= 0.3 is 21.5 Å². The third kappa shape index (κ3) is 10.5. The van der Waals surface area contributed by atoms with Gasteiger partial charge in [-0.2, -0.15) is 13.2 Å². The number of carbonyl (C=O) groups is 1. The zero-order valence-electron chi connectivity index (χ0n) is 36.9. The molecule has 1 N–H and O–H groups in total. The molecule has 0 saturated heterocycles. The number of nitrogens with one attached hydrogen (secondary N) is 1. The van der Waals surface area contributed by atoms with Crippen LogP contribution in [0.3, 0.4) is 0 Å². The molecule has 0 aliphatic heterocycles. The Kier molecular flexibility index (Phi) is 16.3. The predicted molar refractivity (Wildman–Crippen MR) is 239 cm³/mol. The Morgan fingerprint density at radius 2 is 1.31 bits per heavy atom. The minimum atomic E-state index is -6.11. The summed E-state index contributed by atoms with van der Waals surface area (Å²) < 4.78 is 132. The second-order valence-electron chi connectivity index (χ2n) is 15.3. The number of alkyl halides is 3. The molecule has 0 amide bonds. The molecule has 1 aliphatic carbocycles. The molecule has 0 bridgehead atoms. The highest BCUT2D eigenvalue weighted by molar-refractivity contribution is 7.90. The fraction of sp³-hybridized carbons (Fsp3) is 0.375. The highest BCUT2D eigenvalue weighted by Gasteiger charge is 2.46.